The third kappa shape index (κ3) is 4.71. The van der Waals surface area contributed by atoms with Gasteiger partial charge in [0.1, 0.15) is 0 Å². The highest BCUT2D eigenvalue weighted by atomic mass is 16.5. The highest BCUT2D eigenvalue weighted by molar-refractivity contribution is 5.74. The molecule has 2 amide bonds. The average Bonchev–Trinajstić information content (AvgIpc) is 3.01. The van der Waals surface area contributed by atoms with Crippen molar-refractivity contribution in [1.29, 1.82) is 0 Å². The number of carbonyl (C=O) groups excluding carboxylic acids is 1. The molecule has 3 rings (SSSR count). The normalized spacial score (nSPS) is 23.8. The van der Waals surface area contributed by atoms with Crippen molar-refractivity contribution in [1.82, 2.24) is 10.6 Å². The van der Waals surface area contributed by atoms with E-state index in [9.17, 15) is 9.90 Å². The highest BCUT2D eigenvalue weighted by Crippen LogP contribution is 2.39. The van der Waals surface area contributed by atoms with Crippen LogP contribution in [0.1, 0.15) is 44.1 Å². The van der Waals surface area contributed by atoms with Crippen LogP contribution in [0.3, 0.4) is 0 Å². The molecular weight excluding hydrogens is 304 g/mol. The molecule has 1 heterocycles. The molecule has 24 heavy (non-hydrogen) atoms. The summed E-state index contributed by atoms with van der Waals surface area (Å²) in [6.07, 6.45) is 6.42. The number of amides is 2. The Balaban J connectivity index is 1.39. The molecule has 2 atom stereocenters. The quantitative estimate of drug-likeness (QED) is 0.775. The Labute approximate surface area is 143 Å². The zero-order valence-electron chi connectivity index (χ0n) is 14.2. The Morgan fingerprint density at radius 2 is 2.04 bits per heavy atom. The SMILES string of the molecule is O=C(NCC(O)Cc1ccccc1)NC1CCOC2(CCCC2)C1. The molecule has 1 aromatic rings. The van der Waals surface area contributed by atoms with Crippen LogP contribution in [0, 0.1) is 0 Å². The first kappa shape index (κ1) is 17.2. The summed E-state index contributed by atoms with van der Waals surface area (Å²) in [4.78, 5) is 12.1. The second-order valence-electron chi connectivity index (χ2n) is 7.13. The molecule has 0 bridgehead atoms. The zero-order chi connectivity index (χ0) is 16.8. The highest BCUT2D eigenvalue weighted by Gasteiger charge is 2.40. The lowest BCUT2D eigenvalue weighted by Crippen LogP contribution is -2.50. The molecule has 0 aromatic heterocycles. The van der Waals surface area contributed by atoms with Crippen molar-refractivity contribution in [2.24, 2.45) is 0 Å². The molecule has 132 valence electrons. The summed E-state index contributed by atoms with van der Waals surface area (Å²) in [5.74, 6) is 0. The Kier molecular flexibility index (Phi) is 5.74. The van der Waals surface area contributed by atoms with Crippen LogP contribution in [0.5, 0.6) is 0 Å². The summed E-state index contributed by atoms with van der Waals surface area (Å²) in [5.41, 5.74) is 1.07. The molecule has 2 fully saturated rings. The van der Waals surface area contributed by atoms with E-state index in [-0.39, 0.29) is 24.2 Å². The topological polar surface area (TPSA) is 70.6 Å². The van der Waals surface area contributed by atoms with E-state index in [1.807, 2.05) is 30.3 Å². The molecule has 5 heteroatoms. The van der Waals surface area contributed by atoms with Crippen molar-refractivity contribution < 1.29 is 14.6 Å². The van der Waals surface area contributed by atoms with Gasteiger partial charge in [-0.05, 0) is 31.2 Å². The number of benzene rings is 1. The number of rotatable bonds is 5. The minimum atomic E-state index is -0.575. The Morgan fingerprint density at radius 1 is 1.29 bits per heavy atom. The van der Waals surface area contributed by atoms with E-state index >= 15 is 0 Å². The van der Waals surface area contributed by atoms with E-state index in [0.29, 0.717) is 6.42 Å². The lowest BCUT2D eigenvalue weighted by atomic mass is 9.89. The predicted octanol–water partition coefficient (Wildman–Crippen LogP) is 2.38. The Morgan fingerprint density at radius 3 is 2.79 bits per heavy atom. The van der Waals surface area contributed by atoms with Gasteiger partial charge in [0, 0.05) is 25.6 Å². The van der Waals surface area contributed by atoms with Gasteiger partial charge in [-0.3, -0.25) is 0 Å². The second kappa shape index (κ2) is 7.99. The second-order valence-corrected chi connectivity index (χ2v) is 7.13. The third-order valence-electron chi connectivity index (χ3n) is 5.16. The number of carbonyl (C=O) groups is 1. The summed E-state index contributed by atoms with van der Waals surface area (Å²) in [7, 11) is 0. The average molecular weight is 332 g/mol. The number of aliphatic hydroxyl groups is 1. The minimum absolute atomic E-state index is 0.00300. The zero-order valence-corrected chi connectivity index (χ0v) is 14.2. The van der Waals surface area contributed by atoms with E-state index in [1.54, 1.807) is 0 Å². The van der Waals surface area contributed by atoms with Gasteiger partial charge in [-0.25, -0.2) is 4.79 Å². The van der Waals surface area contributed by atoms with Gasteiger partial charge in [0.25, 0.3) is 0 Å². The number of urea groups is 1. The first-order chi connectivity index (χ1) is 11.7. The number of aliphatic hydroxyl groups excluding tert-OH is 1. The fraction of sp³-hybridized carbons (Fsp3) is 0.632. The molecule has 1 aromatic carbocycles. The van der Waals surface area contributed by atoms with Crippen molar-refractivity contribution in [3.05, 3.63) is 35.9 Å². The van der Waals surface area contributed by atoms with E-state index in [4.69, 9.17) is 4.74 Å². The number of hydrogen-bond donors (Lipinski definition) is 3. The Hall–Kier alpha value is -1.59. The van der Waals surface area contributed by atoms with Gasteiger partial charge < -0.3 is 20.5 Å². The fourth-order valence-electron chi connectivity index (χ4n) is 3.92. The number of hydrogen-bond acceptors (Lipinski definition) is 3. The molecule has 1 aliphatic heterocycles. The maximum Gasteiger partial charge on any atom is 0.315 e. The van der Waals surface area contributed by atoms with Crippen LogP contribution in [0.4, 0.5) is 4.79 Å². The smallest absolute Gasteiger partial charge is 0.315 e. The third-order valence-corrected chi connectivity index (χ3v) is 5.16. The predicted molar refractivity (Wildman–Crippen MR) is 92.9 cm³/mol. The van der Waals surface area contributed by atoms with Crippen LogP contribution in [0.15, 0.2) is 30.3 Å². The van der Waals surface area contributed by atoms with E-state index in [1.165, 1.54) is 12.8 Å². The summed E-state index contributed by atoms with van der Waals surface area (Å²) in [6, 6.07) is 9.79. The van der Waals surface area contributed by atoms with Crippen LogP contribution < -0.4 is 10.6 Å². The lowest BCUT2D eigenvalue weighted by Gasteiger charge is -2.38. The molecule has 2 aliphatic rings. The van der Waals surface area contributed by atoms with Gasteiger partial charge >= 0.3 is 6.03 Å². The van der Waals surface area contributed by atoms with Crippen LogP contribution in [0.25, 0.3) is 0 Å². The van der Waals surface area contributed by atoms with Gasteiger partial charge in [-0.15, -0.1) is 0 Å². The standard InChI is InChI=1S/C19H28N2O3/c22-17(12-15-6-2-1-3-7-15)14-20-18(23)21-16-8-11-24-19(13-16)9-4-5-10-19/h1-3,6-7,16-17,22H,4-5,8-14H2,(H2,20,21,23). The van der Waals surface area contributed by atoms with Gasteiger partial charge in [-0.2, -0.15) is 0 Å². The lowest BCUT2D eigenvalue weighted by molar-refractivity contribution is -0.0820. The molecule has 1 spiro atoms. The summed E-state index contributed by atoms with van der Waals surface area (Å²) < 4.78 is 5.99. The van der Waals surface area contributed by atoms with Gasteiger partial charge in [0.05, 0.1) is 11.7 Å². The maximum atomic E-state index is 12.1. The maximum absolute atomic E-state index is 12.1. The van der Waals surface area contributed by atoms with Crippen LogP contribution in [-0.4, -0.2) is 42.0 Å². The van der Waals surface area contributed by atoms with Crippen molar-refractivity contribution >= 4 is 6.03 Å². The number of ether oxygens (including phenoxy) is 1. The minimum Gasteiger partial charge on any atom is -0.391 e. The Bertz CT molecular complexity index is 529. The first-order valence-corrected chi connectivity index (χ1v) is 9.06. The molecule has 1 saturated heterocycles. The monoisotopic (exact) mass is 332 g/mol. The van der Waals surface area contributed by atoms with Crippen LogP contribution in [0.2, 0.25) is 0 Å². The van der Waals surface area contributed by atoms with E-state index in [2.05, 4.69) is 10.6 Å². The van der Waals surface area contributed by atoms with Crippen molar-refractivity contribution in [2.75, 3.05) is 13.2 Å². The van der Waals surface area contributed by atoms with Gasteiger partial charge in [0.15, 0.2) is 0 Å². The van der Waals surface area contributed by atoms with Crippen LogP contribution in [-0.2, 0) is 11.2 Å². The molecule has 1 saturated carbocycles. The largest absolute Gasteiger partial charge is 0.391 e. The van der Waals surface area contributed by atoms with E-state index < -0.39 is 6.10 Å². The molecular formula is C19H28N2O3. The molecule has 3 N–H and O–H groups in total. The first-order valence-electron chi connectivity index (χ1n) is 9.06. The molecule has 2 unspecified atom stereocenters. The van der Waals surface area contributed by atoms with Gasteiger partial charge in [-0.1, -0.05) is 43.2 Å². The van der Waals surface area contributed by atoms with Gasteiger partial charge in [0.2, 0.25) is 0 Å². The number of nitrogens with one attached hydrogen (secondary N) is 2. The summed E-state index contributed by atoms with van der Waals surface area (Å²) in [6.45, 7) is 0.983. The van der Waals surface area contributed by atoms with Crippen molar-refractivity contribution in [3.63, 3.8) is 0 Å². The van der Waals surface area contributed by atoms with Crippen LogP contribution >= 0.6 is 0 Å². The van der Waals surface area contributed by atoms with E-state index in [0.717, 1.165) is 37.9 Å². The summed E-state index contributed by atoms with van der Waals surface area (Å²) in [5, 5.41) is 15.9. The van der Waals surface area contributed by atoms with Crippen molar-refractivity contribution in [3.8, 4) is 0 Å². The molecule has 0 radical (unpaired) electrons. The summed E-state index contributed by atoms with van der Waals surface area (Å²) >= 11 is 0. The molecule has 1 aliphatic carbocycles. The fourth-order valence-corrected chi connectivity index (χ4v) is 3.92. The van der Waals surface area contributed by atoms with Crippen molar-refractivity contribution in [2.45, 2.75) is 62.7 Å². The molecule has 5 nitrogen and oxygen atoms in total.